The van der Waals surface area contributed by atoms with Crippen LogP contribution in [-0.2, 0) is 36.8 Å². The number of pyridine rings is 1. The highest BCUT2D eigenvalue weighted by atomic mass is 32.1. The molecule has 2 N–H and O–H groups in total. The quantitative estimate of drug-likeness (QED) is 0.126. The molecule has 0 bridgehead atoms. The highest BCUT2D eigenvalue weighted by Crippen LogP contribution is 2.42. The number of amides is 2. The van der Waals surface area contributed by atoms with Crippen molar-refractivity contribution in [1.82, 2.24) is 35.2 Å². The number of rotatable bonds is 14. The summed E-state index contributed by atoms with van der Waals surface area (Å²) >= 11 is 1.58. The van der Waals surface area contributed by atoms with Crippen molar-refractivity contribution in [2.45, 2.75) is 123 Å². The van der Waals surface area contributed by atoms with Crippen molar-refractivity contribution in [1.29, 1.82) is 0 Å². The third-order valence-electron chi connectivity index (χ3n) is 12.5. The van der Waals surface area contributed by atoms with Crippen LogP contribution < -0.4 is 10.7 Å². The number of aryl methyl sites for hydroxylation is 1. The number of carbonyl (C=O) groups excluding carboxylic acids is 3. The molecule has 5 atom stereocenters. The van der Waals surface area contributed by atoms with Crippen molar-refractivity contribution < 1.29 is 23.9 Å². The number of piperidine rings is 2. The molecule has 3 aromatic heterocycles. The second-order valence-electron chi connectivity index (χ2n) is 17.1. The number of hydrazine groups is 1. The molecule has 7 rings (SSSR count). The second kappa shape index (κ2) is 18.4. The van der Waals surface area contributed by atoms with Gasteiger partial charge in [-0.15, -0.1) is 11.3 Å². The lowest BCUT2D eigenvalue weighted by Gasteiger charge is -2.44. The number of carbonyl (C=O) groups is 3. The van der Waals surface area contributed by atoms with Crippen molar-refractivity contribution in [2.24, 2.45) is 11.3 Å². The Balaban J connectivity index is 1.07. The van der Waals surface area contributed by atoms with Crippen molar-refractivity contribution in [3.05, 3.63) is 58.7 Å². The number of hydrogen-bond acceptors (Lipinski definition) is 10. The Kier molecular flexibility index (Phi) is 13.3. The monoisotopic (exact) mass is 811 g/mol. The molecule has 0 spiro atoms. The van der Waals surface area contributed by atoms with Gasteiger partial charge in [-0.3, -0.25) is 29.3 Å². The minimum absolute atomic E-state index is 0.0236. The highest BCUT2D eigenvalue weighted by molar-refractivity contribution is 7.07. The Morgan fingerprint density at radius 1 is 1.03 bits per heavy atom. The van der Waals surface area contributed by atoms with E-state index < -0.39 is 17.5 Å². The maximum Gasteiger partial charge on any atom is 0.324 e. The third-order valence-corrected chi connectivity index (χ3v) is 13.1. The Morgan fingerprint density at radius 2 is 1.84 bits per heavy atom. The molecular weight excluding hydrogens is 751 g/mol. The third kappa shape index (κ3) is 8.88. The number of ether oxygens (including phenoxy) is 2. The van der Waals surface area contributed by atoms with Gasteiger partial charge in [-0.2, -0.15) is 0 Å². The normalized spacial score (nSPS) is 21.3. The molecule has 3 aliphatic heterocycles. The summed E-state index contributed by atoms with van der Waals surface area (Å²) in [4.78, 5) is 53.1. The van der Waals surface area contributed by atoms with Crippen LogP contribution in [0.3, 0.4) is 0 Å². The summed E-state index contributed by atoms with van der Waals surface area (Å²) in [5.74, 6) is -0.706. The highest BCUT2D eigenvalue weighted by Gasteiger charge is 2.39. The first kappa shape index (κ1) is 42.0. The minimum Gasteiger partial charge on any atom is -0.464 e. The van der Waals surface area contributed by atoms with Crippen LogP contribution in [0.2, 0.25) is 0 Å². The van der Waals surface area contributed by atoms with Gasteiger partial charge in [0.2, 0.25) is 5.91 Å². The Labute approximate surface area is 347 Å². The number of nitrogens with one attached hydrogen (secondary N) is 2. The molecule has 3 fully saturated rings. The number of benzene rings is 1. The van der Waals surface area contributed by atoms with Gasteiger partial charge in [0.15, 0.2) is 0 Å². The molecule has 1 aromatic carbocycles. The molecule has 13 heteroatoms. The Hall–Kier alpha value is -4.17. The van der Waals surface area contributed by atoms with E-state index in [4.69, 9.17) is 14.5 Å². The van der Waals surface area contributed by atoms with Crippen molar-refractivity contribution in [3.63, 3.8) is 0 Å². The number of esters is 1. The summed E-state index contributed by atoms with van der Waals surface area (Å²) in [6.07, 6.45) is 9.12. The van der Waals surface area contributed by atoms with Gasteiger partial charge < -0.3 is 19.4 Å². The zero-order chi connectivity index (χ0) is 41.0. The first-order chi connectivity index (χ1) is 28.0. The summed E-state index contributed by atoms with van der Waals surface area (Å²) in [6.45, 7) is 13.9. The SMILES string of the molecule is CC[C@H](NC(=O)[C@@H]1CCCN2CCCC[C@H]12)C(=O)N1CCC[C@@H](C(=O)OCC(C)(C)Cc2c(-c3cccnc3[C@H](C)OC)n(CC)c3ccc(-c4cscn4)cc23)N1. The molecular formula is C45H61N7O5S. The first-order valence-corrected chi connectivity index (χ1v) is 22.3. The van der Waals surface area contributed by atoms with E-state index in [-0.39, 0.29) is 42.5 Å². The first-order valence-electron chi connectivity index (χ1n) is 21.3. The topological polar surface area (TPSA) is 131 Å². The van der Waals surface area contributed by atoms with E-state index in [1.54, 1.807) is 18.4 Å². The zero-order valence-corrected chi connectivity index (χ0v) is 35.9. The number of thiazole rings is 1. The van der Waals surface area contributed by atoms with Crippen LogP contribution in [-0.4, -0.2) is 93.7 Å². The maximum absolute atomic E-state index is 13.9. The molecule has 0 radical (unpaired) electrons. The smallest absolute Gasteiger partial charge is 0.324 e. The minimum atomic E-state index is -0.664. The van der Waals surface area contributed by atoms with Crippen LogP contribution in [0.4, 0.5) is 0 Å². The lowest BCUT2D eigenvalue weighted by atomic mass is 9.83. The molecule has 0 aliphatic carbocycles. The molecule has 312 valence electrons. The number of aromatic nitrogens is 3. The number of hydrogen-bond donors (Lipinski definition) is 2. The Morgan fingerprint density at radius 3 is 2.60 bits per heavy atom. The average molecular weight is 812 g/mol. The lowest BCUT2D eigenvalue weighted by Crippen LogP contribution is -2.61. The van der Waals surface area contributed by atoms with Crippen LogP contribution in [0.25, 0.3) is 33.4 Å². The van der Waals surface area contributed by atoms with Crippen LogP contribution in [0.15, 0.2) is 47.4 Å². The van der Waals surface area contributed by atoms with Gasteiger partial charge in [-0.1, -0.05) is 33.3 Å². The van der Waals surface area contributed by atoms with Crippen LogP contribution in [0.1, 0.15) is 103 Å². The van der Waals surface area contributed by atoms with E-state index >= 15 is 0 Å². The molecule has 0 saturated carbocycles. The molecule has 3 aliphatic rings. The molecule has 3 saturated heterocycles. The van der Waals surface area contributed by atoms with E-state index in [9.17, 15) is 14.4 Å². The molecule has 58 heavy (non-hydrogen) atoms. The van der Waals surface area contributed by atoms with Crippen molar-refractivity contribution in [2.75, 3.05) is 33.4 Å². The fourth-order valence-electron chi connectivity index (χ4n) is 9.39. The largest absolute Gasteiger partial charge is 0.464 e. The molecule has 0 unspecified atom stereocenters. The van der Waals surface area contributed by atoms with Gasteiger partial charge in [0, 0.05) is 65.3 Å². The number of nitrogens with zero attached hydrogens (tertiary/aromatic N) is 5. The fourth-order valence-corrected chi connectivity index (χ4v) is 9.95. The van der Waals surface area contributed by atoms with E-state index in [0.29, 0.717) is 32.2 Å². The van der Waals surface area contributed by atoms with Gasteiger partial charge >= 0.3 is 5.97 Å². The van der Waals surface area contributed by atoms with Gasteiger partial charge in [0.1, 0.15) is 12.1 Å². The van der Waals surface area contributed by atoms with E-state index in [0.717, 1.165) is 90.0 Å². The molecule has 6 heterocycles. The average Bonchev–Trinajstić information content (AvgIpc) is 3.90. The van der Waals surface area contributed by atoms with Crippen molar-refractivity contribution in [3.8, 4) is 22.5 Å². The maximum atomic E-state index is 13.9. The Bertz CT molecular complexity index is 2060. The van der Waals surface area contributed by atoms with Gasteiger partial charge in [0.05, 0.1) is 41.2 Å². The van der Waals surface area contributed by atoms with Crippen molar-refractivity contribution >= 4 is 40.0 Å². The predicted octanol–water partition coefficient (Wildman–Crippen LogP) is 7.32. The zero-order valence-electron chi connectivity index (χ0n) is 35.1. The van der Waals surface area contributed by atoms with Crippen LogP contribution in [0, 0.1) is 11.3 Å². The van der Waals surface area contributed by atoms with Gasteiger partial charge in [0.25, 0.3) is 5.91 Å². The predicted molar refractivity (Wildman–Crippen MR) is 228 cm³/mol. The second-order valence-corrected chi connectivity index (χ2v) is 17.8. The molecule has 2 amide bonds. The van der Waals surface area contributed by atoms with E-state index in [1.165, 1.54) is 11.4 Å². The summed E-state index contributed by atoms with van der Waals surface area (Å²) in [5.41, 5.74) is 11.8. The summed E-state index contributed by atoms with van der Waals surface area (Å²) < 4.78 is 14.3. The summed E-state index contributed by atoms with van der Waals surface area (Å²) in [7, 11) is 1.70. The fraction of sp³-hybridized carbons (Fsp3) is 0.578. The van der Waals surface area contributed by atoms with E-state index in [2.05, 4.69) is 75.6 Å². The lowest BCUT2D eigenvalue weighted by molar-refractivity contribution is -0.155. The number of fused-ring (bicyclic) bond motifs is 2. The van der Waals surface area contributed by atoms with Crippen LogP contribution in [0.5, 0.6) is 0 Å². The van der Waals surface area contributed by atoms with Gasteiger partial charge in [-0.05, 0) is 108 Å². The summed E-state index contributed by atoms with van der Waals surface area (Å²) in [6, 6.07) is 9.57. The standard InChI is InChI=1S/C45H61N7O5S/c1-7-35(48-42(53)31-15-12-22-50-21-10-9-17-38(31)50)43(54)52-23-13-16-36(49-52)44(55)57-27-45(4,5)25-34-33-24-30(37-26-58-28-47-37)18-19-39(33)51(8-2)41(34)32-14-11-20-46-40(32)29(3)56-6/h11,14,18-20,24,26,28-29,31,35-36,38,49H,7-10,12-13,15-17,21-23,25,27H2,1-6H3,(H,48,53)/t29-,31+,35-,36-,38+/m0/s1. The summed E-state index contributed by atoms with van der Waals surface area (Å²) in [5, 5.41) is 7.83. The molecule has 12 nitrogen and oxygen atoms in total. The van der Waals surface area contributed by atoms with Crippen LogP contribution >= 0.6 is 11.3 Å². The van der Waals surface area contributed by atoms with Gasteiger partial charge in [-0.25, -0.2) is 10.4 Å². The number of methoxy groups -OCH3 is 1. The van der Waals surface area contributed by atoms with E-state index in [1.807, 2.05) is 31.6 Å². The molecule has 4 aromatic rings.